The van der Waals surface area contributed by atoms with E-state index in [9.17, 15) is 9.90 Å². The Morgan fingerprint density at radius 1 is 1.08 bits per heavy atom. The quantitative estimate of drug-likeness (QED) is 0.770. The van der Waals surface area contributed by atoms with Crippen LogP contribution in [0, 0.1) is 0 Å². The van der Waals surface area contributed by atoms with E-state index < -0.39 is 5.97 Å². The number of rotatable bonds is 5. The molecule has 0 aliphatic rings. The van der Waals surface area contributed by atoms with E-state index in [2.05, 4.69) is 4.98 Å². The summed E-state index contributed by atoms with van der Waals surface area (Å²) < 4.78 is 7.62. The summed E-state index contributed by atoms with van der Waals surface area (Å²) in [6.45, 7) is 3.90. The molecule has 0 atom stereocenters. The number of aromatic carboxylic acids is 1. The molecule has 0 saturated carbocycles. The van der Waals surface area contributed by atoms with Crippen LogP contribution in [0.4, 0.5) is 0 Å². The second kappa shape index (κ2) is 6.58. The molecule has 0 amide bonds. The molecule has 0 fully saturated rings. The van der Waals surface area contributed by atoms with Gasteiger partial charge in [-0.3, -0.25) is 4.57 Å². The Labute approximate surface area is 140 Å². The molecule has 0 aliphatic carbocycles. The Hall–Kier alpha value is -3.08. The van der Waals surface area contributed by atoms with E-state index >= 15 is 0 Å². The third-order valence-corrected chi connectivity index (χ3v) is 3.44. The SMILES string of the molecule is CC(C)Oc1ccccc1-n1cc(C(=O)O)nc1-c1ccccc1. The normalized spacial score (nSPS) is 10.8. The van der Waals surface area contributed by atoms with Gasteiger partial charge in [-0.25, -0.2) is 9.78 Å². The Morgan fingerprint density at radius 2 is 1.75 bits per heavy atom. The molecule has 3 aromatic rings. The number of hydrogen-bond acceptors (Lipinski definition) is 3. The fraction of sp³-hybridized carbons (Fsp3) is 0.158. The molecule has 1 N–H and O–H groups in total. The Balaban J connectivity index is 2.19. The summed E-state index contributed by atoms with van der Waals surface area (Å²) in [7, 11) is 0. The number of nitrogens with zero attached hydrogens (tertiary/aromatic N) is 2. The highest BCUT2D eigenvalue weighted by Gasteiger charge is 2.18. The first kappa shape index (κ1) is 15.8. The highest BCUT2D eigenvalue weighted by Crippen LogP contribution is 2.29. The molecule has 5 nitrogen and oxygen atoms in total. The minimum Gasteiger partial charge on any atom is -0.489 e. The van der Waals surface area contributed by atoms with Gasteiger partial charge in [0.05, 0.1) is 11.8 Å². The molecule has 5 heteroatoms. The maximum Gasteiger partial charge on any atom is 0.356 e. The van der Waals surface area contributed by atoms with Crippen LogP contribution in [0.5, 0.6) is 5.75 Å². The maximum atomic E-state index is 11.4. The van der Waals surface area contributed by atoms with Gasteiger partial charge in [0.15, 0.2) is 5.69 Å². The van der Waals surface area contributed by atoms with Gasteiger partial charge in [0, 0.05) is 11.8 Å². The van der Waals surface area contributed by atoms with Crippen molar-refractivity contribution in [2.75, 3.05) is 0 Å². The number of imidazole rings is 1. The third kappa shape index (κ3) is 3.15. The highest BCUT2D eigenvalue weighted by atomic mass is 16.5. The van der Waals surface area contributed by atoms with Crippen LogP contribution in [0.15, 0.2) is 60.8 Å². The molecule has 0 aliphatic heterocycles. The summed E-state index contributed by atoms with van der Waals surface area (Å²) in [5.74, 6) is 0.181. The first-order chi connectivity index (χ1) is 11.6. The molecule has 0 unspecified atom stereocenters. The van der Waals surface area contributed by atoms with Crippen molar-refractivity contribution < 1.29 is 14.6 Å². The maximum absolute atomic E-state index is 11.4. The average molecular weight is 322 g/mol. The lowest BCUT2D eigenvalue weighted by atomic mass is 10.2. The molecule has 24 heavy (non-hydrogen) atoms. The fourth-order valence-electron chi connectivity index (χ4n) is 2.47. The molecule has 122 valence electrons. The number of aromatic nitrogens is 2. The Morgan fingerprint density at radius 3 is 2.42 bits per heavy atom. The Bertz CT molecular complexity index is 854. The second-order valence-corrected chi connectivity index (χ2v) is 5.63. The van der Waals surface area contributed by atoms with Crippen LogP contribution < -0.4 is 4.74 Å². The minimum absolute atomic E-state index is 0.00629. The van der Waals surface area contributed by atoms with Gasteiger partial charge in [-0.1, -0.05) is 42.5 Å². The van der Waals surface area contributed by atoms with Gasteiger partial charge in [0.25, 0.3) is 0 Å². The van der Waals surface area contributed by atoms with Crippen molar-refractivity contribution in [3.63, 3.8) is 0 Å². The zero-order valence-electron chi connectivity index (χ0n) is 13.5. The van der Waals surface area contributed by atoms with Crippen LogP contribution in [-0.4, -0.2) is 26.7 Å². The number of para-hydroxylation sites is 2. The van der Waals surface area contributed by atoms with E-state index in [1.54, 1.807) is 4.57 Å². The molecule has 3 rings (SSSR count). The van der Waals surface area contributed by atoms with Gasteiger partial charge in [0.1, 0.15) is 11.6 Å². The summed E-state index contributed by atoms with van der Waals surface area (Å²) in [5, 5.41) is 9.32. The van der Waals surface area contributed by atoms with E-state index in [-0.39, 0.29) is 11.8 Å². The zero-order chi connectivity index (χ0) is 17.1. The number of benzene rings is 2. The molecule has 0 saturated heterocycles. The van der Waals surface area contributed by atoms with E-state index in [1.807, 2.05) is 68.4 Å². The highest BCUT2D eigenvalue weighted by molar-refractivity contribution is 5.86. The topological polar surface area (TPSA) is 64.3 Å². The van der Waals surface area contributed by atoms with Crippen LogP contribution in [0.2, 0.25) is 0 Å². The third-order valence-electron chi connectivity index (χ3n) is 3.44. The Kier molecular flexibility index (Phi) is 4.33. The van der Waals surface area contributed by atoms with Gasteiger partial charge in [-0.05, 0) is 26.0 Å². The van der Waals surface area contributed by atoms with Crippen molar-refractivity contribution in [1.29, 1.82) is 0 Å². The van der Waals surface area contributed by atoms with Crippen molar-refractivity contribution >= 4 is 5.97 Å². The van der Waals surface area contributed by atoms with Crippen LogP contribution in [0.3, 0.4) is 0 Å². The lowest BCUT2D eigenvalue weighted by Gasteiger charge is -2.16. The first-order valence-electron chi connectivity index (χ1n) is 7.70. The summed E-state index contributed by atoms with van der Waals surface area (Å²) in [5.41, 5.74) is 1.59. The van der Waals surface area contributed by atoms with E-state index in [4.69, 9.17) is 4.74 Å². The predicted molar refractivity (Wildman–Crippen MR) is 91.7 cm³/mol. The van der Waals surface area contributed by atoms with Crippen molar-refractivity contribution in [2.45, 2.75) is 20.0 Å². The summed E-state index contributed by atoms with van der Waals surface area (Å²) in [4.78, 5) is 15.7. The van der Waals surface area contributed by atoms with Gasteiger partial charge < -0.3 is 9.84 Å². The zero-order valence-corrected chi connectivity index (χ0v) is 13.5. The van der Waals surface area contributed by atoms with Crippen molar-refractivity contribution in [2.24, 2.45) is 0 Å². The molecular formula is C19H18N2O3. The molecule has 1 heterocycles. The largest absolute Gasteiger partial charge is 0.489 e. The van der Waals surface area contributed by atoms with E-state index in [0.717, 1.165) is 11.3 Å². The number of carbonyl (C=O) groups is 1. The van der Waals surface area contributed by atoms with Gasteiger partial charge in [-0.15, -0.1) is 0 Å². The summed E-state index contributed by atoms with van der Waals surface area (Å²) >= 11 is 0. The second-order valence-electron chi connectivity index (χ2n) is 5.63. The van der Waals surface area contributed by atoms with Gasteiger partial charge in [-0.2, -0.15) is 0 Å². The van der Waals surface area contributed by atoms with Crippen molar-refractivity contribution in [1.82, 2.24) is 9.55 Å². The molecule has 0 bridgehead atoms. The molecule has 2 aromatic carbocycles. The van der Waals surface area contributed by atoms with Crippen LogP contribution in [-0.2, 0) is 0 Å². The summed E-state index contributed by atoms with van der Waals surface area (Å²) in [6, 6.07) is 17.0. The van der Waals surface area contributed by atoms with Gasteiger partial charge in [0.2, 0.25) is 0 Å². The average Bonchev–Trinajstić information content (AvgIpc) is 3.01. The van der Waals surface area contributed by atoms with Crippen molar-refractivity contribution in [3.05, 3.63) is 66.5 Å². The van der Waals surface area contributed by atoms with Crippen LogP contribution >= 0.6 is 0 Å². The molecular weight excluding hydrogens is 304 g/mol. The lowest BCUT2D eigenvalue weighted by molar-refractivity contribution is 0.0691. The molecule has 1 aromatic heterocycles. The van der Waals surface area contributed by atoms with Crippen LogP contribution in [0.1, 0.15) is 24.3 Å². The number of ether oxygens (including phenoxy) is 1. The van der Waals surface area contributed by atoms with Gasteiger partial charge >= 0.3 is 5.97 Å². The van der Waals surface area contributed by atoms with Crippen molar-refractivity contribution in [3.8, 4) is 22.8 Å². The van der Waals surface area contributed by atoms with Crippen LogP contribution in [0.25, 0.3) is 17.1 Å². The standard InChI is InChI=1S/C19H18N2O3/c1-13(2)24-17-11-7-6-10-16(17)21-12-15(19(22)23)20-18(21)14-8-4-3-5-9-14/h3-13H,1-2H3,(H,22,23). The smallest absolute Gasteiger partial charge is 0.356 e. The number of carboxylic acids is 1. The molecule has 0 radical (unpaired) electrons. The molecule has 0 spiro atoms. The van der Waals surface area contributed by atoms with E-state index in [1.165, 1.54) is 6.20 Å². The number of carboxylic acid groups (broad SMARTS) is 1. The monoisotopic (exact) mass is 322 g/mol. The predicted octanol–water partition coefficient (Wildman–Crippen LogP) is 4.02. The number of hydrogen-bond donors (Lipinski definition) is 1. The summed E-state index contributed by atoms with van der Waals surface area (Å²) in [6.07, 6.45) is 1.53. The first-order valence-corrected chi connectivity index (χ1v) is 7.70. The fourth-order valence-corrected chi connectivity index (χ4v) is 2.47. The van der Waals surface area contributed by atoms with E-state index in [0.29, 0.717) is 11.6 Å². The lowest BCUT2D eigenvalue weighted by Crippen LogP contribution is -2.08. The minimum atomic E-state index is -1.06.